The number of nitrogens with zero attached hydrogens (tertiary/aromatic N) is 1. The molecule has 17 heavy (non-hydrogen) atoms. The number of rotatable bonds is 3. The van der Waals surface area contributed by atoms with Crippen LogP contribution in [0.1, 0.15) is 19.4 Å². The molecule has 0 amide bonds. The van der Waals surface area contributed by atoms with Gasteiger partial charge in [0.1, 0.15) is 0 Å². The first-order valence-electron chi connectivity index (χ1n) is 6.16. The van der Waals surface area contributed by atoms with Crippen molar-refractivity contribution in [1.82, 2.24) is 4.90 Å². The molecule has 0 saturated carbocycles. The van der Waals surface area contributed by atoms with E-state index < -0.39 is 5.60 Å². The van der Waals surface area contributed by atoms with E-state index in [1.807, 2.05) is 19.9 Å². The third kappa shape index (κ3) is 3.53. The van der Waals surface area contributed by atoms with E-state index in [9.17, 15) is 5.11 Å². The molecule has 0 aliphatic carbocycles. The van der Waals surface area contributed by atoms with Crippen molar-refractivity contribution in [3.8, 4) is 0 Å². The molecule has 1 atom stereocenters. The Kier molecular flexibility index (Phi) is 3.82. The zero-order valence-corrected chi connectivity index (χ0v) is 10.6. The second kappa shape index (κ2) is 5.17. The molecule has 1 N–H and O–H groups in total. The van der Waals surface area contributed by atoms with E-state index in [0.717, 1.165) is 19.6 Å². The molecule has 3 nitrogen and oxygen atoms in total. The van der Waals surface area contributed by atoms with Crippen LogP contribution in [0, 0.1) is 0 Å². The average molecular weight is 235 g/mol. The molecule has 1 aromatic carbocycles. The lowest BCUT2D eigenvalue weighted by atomic mass is 10.00. The Bertz CT molecular complexity index is 345. The molecule has 1 aliphatic heterocycles. The maximum Gasteiger partial charge on any atom is 0.0983 e. The van der Waals surface area contributed by atoms with Gasteiger partial charge in [-0.2, -0.15) is 0 Å². The molecule has 0 radical (unpaired) electrons. The molecule has 1 saturated heterocycles. The van der Waals surface area contributed by atoms with Gasteiger partial charge in [-0.05, 0) is 19.4 Å². The molecule has 1 aliphatic rings. The molecule has 0 spiro atoms. The Hall–Kier alpha value is -0.900. The van der Waals surface area contributed by atoms with Crippen molar-refractivity contribution in [3.63, 3.8) is 0 Å². The van der Waals surface area contributed by atoms with Gasteiger partial charge < -0.3 is 9.84 Å². The molecule has 1 unspecified atom stereocenters. The summed E-state index contributed by atoms with van der Waals surface area (Å²) >= 11 is 0. The van der Waals surface area contributed by atoms with Crippen molar-refractivity contribution in [2.75, 3.05) is 19.7 Å². The van der Waals surface area contributed by atoms with Crippen LogP contribution < -0.4 is 0 Å². The first-order chi connectivity index (χ1) is 8.05. The fourth-order valence-electron chi connectivity index (χ4n) is 2.12. The zero-order chi connectivity index (χ0) is 12.3. The number of aliphatic hydroxyl groups is 1. The van der Waals surface area contributed by atoms with Crippen LogP contribution in [-0.2, 0) is 11.3 Å². The summed E-state index contributed by atoms with van der Waals surface area (Å²) in [6.07, 6.45) is -0.0973. The predicted octanol–water partition coefficient (Wildman–Crippen LogP) is 1.66. The highest BCUT2D eigenvalue weighted by molar-refractivity contribution is 5.14. The standard InChI is InChI=1S/C14H21NO2/c1-14(2,16)13-11-15(8-9-17-13)10-12-6-4-3-5-7-12/h3-7,13,16H,8-11H2,1-2H3. The third-order valence-corrected chi connectivity index (χ3v) is 3.19. The predicted molar refractivity (Wildman–Crippen MR) is 67.8 cm³/mol. The minimum absolute atomic E-state index is 0.0973. The Balaban J connectivity index is 1.94. The van der Waals surface area contributed by atoms with Crippen molar-refractivity contribution in [1.29, 1.82) is 0 Å². The van der Waals surface area contributed by atoms with Crippen molar-refractivity contribution >= 4 is 0 Å². The Morgan fingerprint density at radius 3 is 2.71 bits per heavy atom. The van der Waals surface area contributed by atoms with Crippen LogP contribution in [0.25, 0.3) is 0 Å². The third-order valence-electron chi connectivity index (χ3n) is 3.19. The smallest absolute Gasteiger partial charge is 0.0983 e. The molecule has 1 fully saturated rings. The summed E-state index contributed by atoms with van der Waals surface area (Å²) in [7, 11) is 0. The van der Waals surface area contributed by atoms with Crippen LogP contribution in [0.5, 0.6) is 0 Å². The van der Waals surface area contributed by atoms with Crippen molar-refractivity contribution in [2.24, 2.45) is 0 Å². The topological polar surface area (TPSA) is 32.7 Å². The van der Waals surface area contributed by atoms with Crippen LogP contribution >= 0.6 is 0 Å². The number of hydrogen-bond acceptors (Lipinski definition) is 3. The summed E-state index contributed by atoms with van der Waals surface area (Å²) < 4.78 is 5.62. The summed E-state index contributed by atoms with van der Waals surface area (Å²) in [5.41, 5.74) is 0.541. The van der Waals surface area contributed by atoms with E-state index in [4.69, 9.17) is 4.74 Å². The van der Waals surface area contributed by atoms with Gasteiger partial charge in [-0.3, -0.25) is 4.90 Å². The lowest BCUT2D eigenvalue weighted by Gasteiger charge is -2.38. The second-order valence-corrected chi connectivity index (χ2v) is 5.23. The van der Waals surface area contributed by atoms with Crippen molar-refractivity contribution in [3.05, 3.63) is 35.9 Å². The molecule has 0 aromatic heterocycles. The Morgan fingerprint density at radius 1 is 1.35 bits per heavy atom. The maximum absolute atomic E-state index is 9.97. The van der Waals surface area contributed by atoms with E-state index in [2.05, 4.69) is 29.2 Å². The highest BCUT2D eigenvalue weighted by atomic mass is 16.5. The SMILES string of the molecule is CC(C)(O)C1CN(Cc2ccccc2)CCO1. The maximum atomic E-state index is 9.97. The van der Waals surface area contributed by atoms with Gasteiger partial charge >= 0.3 is 0 Å². The lowest BCUT2D eigenvalue weighted by Crippen LogP contribution is -2.51. The number of benzene rings is 1. The van der Waals surface area contributed by atoms with E-state index in [0.29, 0.717) is 6.61 Å². The first kappa shape index (κ1) is 12.6. The Morgan fingerprint density at radius 2 is 2.06 bits per heavy atom. The molecule has 2 rings (SSSR count). The van der Waals surface area contributed by atoms with Gasteiger partial charge in [-0.25, -0.2) is 0 Å². The average Bonchev–Trinajstić information content (AvgIpc) is 2.29. The highest BCUT2D eigenvalue weighted by Gasteiger charge is 2.32. The van der Waals surface area contributed by atoms with Gasteiger partial charge in [0.15, 0.2) is 0 Å². The fraction of sp³-hybridized carbons (Fsp3) is 0.571. The normalized spacial score (nSPS) is 22.6. The molecular formula is C14H21NO2. The van der Waals surface area contributed by atoms with E-state index in [1.54, 1.807) is 0 Å². The molecule has 0 bridgehead atoms. The van der Waals surface area contributed by atoms with Crippen LogP contribution in [0.15, 0.2) is 30.3 Å². The zero-order valence-electron chi connectivity index (χ0n) is 10.6. The largest absolute Gasteiger partial charge is 0.388 e. The second-order valence-electron chi connectivity index (χ2n) is 5.23. The summed E-state index contributed by atoms with van der Waals surface area (Å²) in [6.45, 7) is 6.96. The fourth-order valence-corrected chi connectivity index (χ4v) is 2.12. The van der Waals surface area contributed by atoms with Crippen LogP contribution in [0.3, 0.4) is 0 Å². The molecule has 1 aromatic rings. The number of morpholine rings is 1. The monoisotopic (exact) mass is 235 g/mol. The minimum atomic E-state index is -0.768. The van der Waals surface area contributed by atoms with Gasteiger partial charge in [0.25, 0.3) is 0 Å². The van der Waals surface area contributed by atoms with Gasteiger partial charge in [-0.1, -0.05) is 30.3 Å². The minimum Gasteiger partial charge on any atom is -0.388 e. The quantitative estimate of drug-likeness (QED) is 0.865. The van der Waals surface area contributed by atoms with E-state index >= 15 is 0 Å². The lowest BCUT2D eigenvalue weighted by molar-refractivity contribution is -0.128. The molecule has 94 valence electrons. The number of ether oxygens (including phenoxy) is 1. The molecule has 1 heterocycles. The summed E-state index contributed by atoms with van der Waals surface area (Å²) in [6, 6.07) is 10.4. The van der Waals surface area contributed by atoms with Crippen LogP contribution in [0.2, 0.25) is 0 Å². The highest BCUT2D eigenvalue weighted by Crippen LogP contribution is 2.18. The van der Waals surface area contributed by atoms with Gasteiger partial charge in [0, 0.05) is 19.6 Å². The van der Waals surface area contributed by atoms with Crippen LogP contribution in [-0.4, -0.2) is 41.4 Å². The van der Waals surface area contributed by atoms with Crippen molar-refractivity contribution in [2.45, 2.75) is 32.1 Å². The summed E-state index contributed by atoms with van der Waals surface area (Å²) in [5.74, 6) is 0. The molecule has 3 heteroatoms. The van der Waals surface area contributed by atoms with Crippen LogP contribution in [0.4, 0.5) is 0 Å². The summed E-state index contributed by atoms with van der Waals surface area (Å²) in [4.78, 5) is 2.33. The van der Waals surface area contributed by atoms with E-state index in [-0.39, 0.29) is 6.10 Å². The van der Waals surface area contributed by atoms with E-state index in [1.165, 1.54) is 5.56 Å². The van der Waals surface area contributed by atoms with Gasteiger partial charge in [0.2, 0.25) is 0 Å². The number of hydrogen-bond donors (Lipinski definition) is 1. The summed E-state index contributed by atoms with van der Waals surface area (Å²) in [5, 5.41) is 9.97. The van der Waals surface area contributed by atoms with Gasteiger partial charge in [-0.15, -0.1) is 0 Å². The molecular weight excluding hydrogens is 214 g/mol. The first-order valence-corrected chi connectivity index (χ1v) is 6.16. The van der Waals surface area contributed by atoms with Crippen molar-refractivity contribution < 1.29 is 9.84 Å². The van der Waals surface area contributed by atoms with Gasteiger partial charge in [0.05, 0.1) is 18.3 Å². The Labute approximate surface area is 103 Å².